The van der Waals surface area contributed by atoms with Crippen molar-refractivity contribution >= 4 is 23.4 Å². The van der Waals surface area contributed by atoms with Crippen molar-refractivity contribution in [3.8, 4) is 0 Å². The molecule has 22 heteroatoms. The second kappa shape index (κ2) is 15.8. The SMILES string of the molecule is CN1C[C@H](N2Cc3nn4ccccc4c3C2)C[C@H](N)[C@H]1c1cc(F)ccc1F.O=C(O)C(F)(F)F.O=C(O)C(F)(F)F.O=C(O)C(F)(F)F. The quantitative estimate of drug-likeness (QED) is 0.275. The predicted octanol–water partition coefficient (Wildman–Crippen LogP) is 4.60. The number of pyridine rings is 1. The molecule has 49 heavy (non-hydrogen) atoms. The van der Waals surface area contributed by atoms with Crippen LogP contribution < -0.4 is 5.73 Å². The van der Waals surface area contributed by atoms with Crippen LogP contribution in [-0.2, 0) is 27.5 Å². The molecule has 0 unspecified atom stereocenters. The molecule has 3 aromatic rings. The van der Waals surface area contributed by atoms with Crippen LogP contribution in [0.15, 0.2) is 42.6 Å². The number of piperidine rings is 1. The van der Waals surface area contributed by atoms with Gasteiger partial charge in [0.2, 0.25) is 0 Å². The number of hydrogen-bond donors (Lipinski definition) is 4. The number of carbonyl (C=O) groups is 3. The van der Waals surface area contributed by atoms with Crippen molar-refractivity contribution < 1.29 is 78.0 Å². The van der Waals surface area contributed by atoms with E-state index in [4.69, 9.17) is 40.5 Å². The van der Waals surface area contributed by atoms with Crippen LogP contribution >= 0.6 is 0 Å². The van der Waals surface area contributed by atoms with E-state index in [1.54, 1.807) is 0 Å². The Hall–Kier alpha value is -4.57. The number of nitrogens with zero attached hydrogens (tertiary/aromatic N) is 4. The molecule has 0 saturated carbocycles. The van der Waals surface area contributed by atoms with Gasteiger partial charge in [-0.05, 0) is 43.8 Å². The number of carboxylic acid groups (broad SMARTS) is 3. The number of rotatable bonds is 2. The number of fused-ring (bicyclic) bond motifs is 3. The van der Waals surface area contributed by atoms with Gasteiger partial charge in [0.05, 0.1) is 17.3 Å². The number of likely N-dealkylation sites (N-methyl/N-ethyl adjacent to an activating group) is 1. The zero-order valence-corrected chi connectivity index (χ0v) is 24.7. The van der Waals surface area contributed by atoms with Gasteiger partial charge in [-0.3, -0.25) is 9.80 Å². The minimum Gasteiger partial charge on any atom is -0.475 e. The highest BCUT2D eigenvalue weighted by molar-refractivity contribution is 5.73. The highest BCUT2D eigenvalue weighted by atomic mass is 19.4. The van der Waals surface area contributed by atoms with Gasteiger partial charge in [-0.25, -0.2) is 27.7 Å². The van der Waals surface area contributed by atoms with Crippen LogP contribution in [-0.4, -0.2) is 96.8 Å². The van der Waals surface area contributed by atoms with Gasteiger partial charge in [-0.2, -0.15) is 44.6 Å². The lowest BCUT2D eigenvalue weighted by atomic mass is 9.88. The third kappa shape index (κ3) is 11.2. The number of aliphatic carboxylic acids is 3. The van der Waals surface area contributed by atoms with E-state index < -0.39 is 48.1 Å². The molecule has 0 bridgehead atoms. The number of benzene rings is 1. The van der Waals surface area contributed by atoms with Crippen molar-refractivity contribution in [1.82, 2.24) is 19.4 Å². The first-order valence-electron chi connectivity index (χ1n) is 13.3. The molecule has 2 aromatic heterocycles. The first-order chi connectivity index (χ1) is 22.3. The highest BCUT2D eigenvalue weighted by Crippen LogP contribution is 2.36. The lowest BCUT2D eigenvalue weighted by Gasteiger charge is -2.44. The summed E-state index contributed by atoms with van der Waals surface area (Å²) in [6.45, 7) is 2.39. The summed E-state index contributed by atoms with van der Waals surface area (Å²) in [5.41, 5.74) is 10.3. The fourth-order valence-corrected chi connectivity index (χ4v) is 4.87. The number of aromatic nitrogens is 2. The van der Waals surface area contributed by atoms with E-state index in [1.807, 2.05) is 29.9 Å². The maximum atomic E-state index is 14.3. The molecule has 0 spiro atoms. The molecule has 0 radical (unpaired) electrons. The fraction of sp³-hybridized carbons (Fsp3) is 0.407. The van der Waals surface area contributed by atoms with Crippen molar-refractivity contribution in [2.75, 3.05) is 13.6 Å². The molecule has 0 aliphatic carbocycles. The zero-order valence-electron chi connectivity index (χ0n) is 24.7. The minimum atomic E-state index is -5.08. The first-order valence-corrected chi connectivity index (χ1v) is 13.3. The number of carboxylic acids is 3. The molecular formula is C27H26F11N5O6. The molecule has 4 heterocycles. The van der Waals surface area contributed by atoms with Crippen molar-refractivity contribution in [1.29, 1.82) is 0 Å². The maximum Gasteiger partial charge on any atom is 0.490 e. The normalized spacial score (nSPS) is 19.7. The van der Waals surface area contributed by atoms with Gasteiger partial charge in [0.1, 0.15) is 11.6 Å². The highest BCUT2D eigenvalue weighted by Gasteiger charge is 2.41. The minimum absolute atomic E-state index is 0.255. The van der Waals surface area contributed by atoms with Gasteiger partial charge in [-0.1, -0.05) is 6.07 Å². The molecule has 0 amide bonds. The first kappa shape index (κ1) is 40.6. The van der Waals surface area contributed by atoms with Crippen LogP contribution in [0.5, 0.6) is 0 Å². The summed E-state index contributed by atoms with van der Waals surface area (Å²) in [5.74, 6) is -9.11. The van der Waals surface area contributed by atoms with Gasteiger partial charge < -0.3 is 21.1 Å². The van der Waals surface area contributed by atoms with E-state index in [2.05, 4.69) is 15.9 Å². The van der Waals surface area contributed by atoms with Gasteiger partial charge in [-0.15, -0.1) is 0 Å². The molecule has 5 N–H and O–H groups in total. The number of nitrogens with two attached hydrogens (primary N) is 1. The number of alkyl halides is 9. The molecule has 2 aliphatic heterocycles. The summed E-state index contributed by atoms with van der Waals surface area (Å²) in [7, 11) is 1.94. The Morgan fingerprint density at radius 3 is 1.82 bits per heavy atom. The summed E-state index contributed by atoms with van der Waals surface area (Å²) in [4.78, 5) is 31.1. The van der Waals surface area contributed by atoms with Crippen molar-refractivity contribution in [2.24, 2.45) is 5.73 Å². The number of likely N-dealkylation sites (tertiary alicyclic amines) is 1. The van der Waals surface area contributed by atoms with Crippen LogP contribution in [0, 0.1) is 11.6 Å². The summed E-state index contributed by atoms with van der Waals surface area (Å²) in [6.07, 6.45) is -12.5. The Morgan fingerprint density at radius 2 is 1.35 bits per heavy atom. The topological polar surface area (TPSA) is 162 Å². The molecule has 272 valence electrons. The average molecular weight is 726 g/mol. The van der Waals surface area contributed by atoms with E-state index in [-0.39, 0.29) is 18.1 Å². The van der Waals surface area contributed by atoms with E-state index in [9.17, 15) is 48.3 Å². The van der Waals surface area contributed by atoms with Crippen molar-refractivity contribution in [3.05, 3.63) is 71.1 Å². The summed E-state index contributed by atoms with van der Waals surface area (Å²) < 4.78 is 125. The standard InChI is InChI=1S/C21H23F2N5.3C2HF3O2/c1-26-10-14(9-18(24)21(26)15-8-13(22)5-6-17(15)23)27-11-16-19(12-27)25-28-7-3-2-4-20(16)28;3*3-2(4,5)1(6)7/h2-8,14,18,21H,9-12,24H2,1H3;3*(H,6,7)/t14-,18+,21-;;;/m1.../s1. The van der Waals surface area contributed by atoms with Crippen molar-refractivity contribution in [2.45, 2.75) is 56.2 Å². The second-order valence-corrected chi connectivity index (χ2v) is 10.4. The average Bonchev–Trinajstić information content (AvgIpc) is 3.52. The van der Waals surface area contributed by atoms with Gasteiger partial charge in [0.25, 0.3) is 0 Å². The van der Waals surface area contributed by atoms with Crippen LogP contribution in [0.3, 0.4) is 0 Å². The Bertz CT molecular complexity index is 1560. The molecule has 2 aliphatic rings. The maximum absolute atomic E-state index is 14.3. The largest absolute Gasteiger partial charge is 0.490 e. The molecule has 5 rings (SSSR count). The lowest BCUT2D eigenvalue weighted by molar-refractivity contribution is -0.193. The zero-order chi connectivity index (χ0) is 37.6. The number of halogens is 11. The van der Waals surface area contributed by atoms with Crippen LogP contribution in [0.25, 0.3) is 5.52 Å². The third-order valence-corrected chi connectivity index (χ3v) is 6.88. The lowest BCUT2D eigenvalue weighted by Crippen LogP contribution is -2.54. The molecule has 11 nitrogen and oxygen atoms in total. The van der Waals surface area contributed by atoms with Gasteiger partial charge >= 0.3 is 36.4 Å². The Labute approximate surface area is 267 Å². The molecule has 1 fully saturated rings. The van der Waals surface area contributed by atoms with Gasteiger partial charge in [0.15, 0.2) is 0 Å². The molecular weight excluding hydrogens is 699 g/mol. The van der Waals surface area contributed by atoms with Gasteiger partial charge in [0, 0.05) is 49.0 Å². The Balaban J connectivity index is 0.000000325. The monoisotopic (exact) mass is 725 g/mol. The smallest absolute Gasteiger partial charge is 0.475 e. The van der Waals surface area contributed by atoms with Crippen LogP contribution in [0.2, 0.25) is 0 Å². The van der Waals surface area contributed by atoms with E-state index in [0.29, 0.717) is 5.56 Å². The number of hydrogen-bond acceptors (Lipinski definition) is 7. The predicted molar refractivity (Wildman–Crippen MR) is 144 cm³/mol. The third-order valence-electron chi connectivity index (χ3n) is 6.88. The van der Waals surface area contributed by atoms with Crippen molar-refractivity contribution in [3.63, 3.8) is 0 Å². The Kier molecular flexibility index (Phi) is 13.1. The second-order valence-electron chi connectivity index (χ2n) is 10.4. The van der Waals surface area contributed by atoms with E-state index in [0.717, 1.165) is 43.3 Å². The fourth-order valence-electron chi connectivity index (χ4n) is 4.87. The van der Waals surface area contributed by atoms with Crippen LogP contribution in [0.4, 0.5) is 48.3 Å². The summed E-state index contributed by atoms with van der Waals surface area (Å²) in [5, 5.41) is 26.1. The molecule has 3 atom stereocenters. The van der Waals surface area contributed by atoms with E-state index >= 15 is 0 Å². The molecule has 1 aromatic carbocycles. The van der Waals surface area contributed by atoms with Crippen LogP contribution in [0.1, 0.15) is 29.3 Å². The summed E-state index contributed by atoms with van der Waals surface area (Å²) in [6, 6.07) is 9.37. The Morgan fingerprint density at radius 1 is 0.837 bits per heavy atom. The summed E-state index contributed by atoms with van der Waals surface area (Å²) >= 11 is 0. The van der Waals surface area contributed by atoms with E-state index in [1.165, 1.54) is 17.7 Å². The molecule has 1 saturated heterocycles.